The molecule has 192 valence electrons. The van der Waals surface area contributed by atoms with E-state index in [1.165, 1.54) is 30.5 Å². The molecule has 2 N–H and O–H groups in total. The van der Waals surface area contributed by atoms with E-state index < -0.39 is 10.8 Å². The fourth-order valence-corrected chi connectivity index (χ4v) is 3.50. The van der Waals surface area contributed by atoms with Gasteiger partial charge in [-0.25, -0.2) is 5.43 Å². The van der Waals surface area contributed by atoms with Crippen molar-refractivity contribution in [3.05, 3.63) is 92.0 Å². The number of halogens is 1. The van der Waals surface area contributed by atoms with Crippen LogP contribution >= 0.6 is 11.6 Å². The Morgan fingerprint density at radius 3 is 2.49 bits per heavy atom. The molecule has 10 nitrogen and oxygen atoms in total. The van der Waals surface area contributed by atoms with Crippen molar-refractivity contribution >= 4 is 41.0 Å². The quantitative estimate of drug-likeness (QED) is 0.217. The van der Waals surface area contributed by atoms with Gasteiger partial charge in [-0.1, -0.05) is 23.7 Å². The van der Waals surface area contributed by atoms with E-state index in [0.717, 1.165) is 11.1 Å². The molecule has 11 heteroatoms. The van der Waals surface area contributed by atoms with E-state index in [-0.39, 0.29) is 34.5 Å². The van der Waals surface area contributed by atoms with Crippen LogP contribution < -0.4 is 20.2 Å². The zero-order valence-corrected chi connectivity index (χ0v) is 21.2. The summed E-state index contributed by atoms with van der Waals surface area (Å²) in [6.45, 7) is 5.65. The first-order valence-corrected chi connectivity index (χ1v) is 11.6. The van der Waals surface area contributed by atoms with Gasteiger partial charge in [-0.15, -0.1) is 0 Å². The first kappa shape index (κ1) is 27.2. The van der Waals surface area contributed by atoms with Crippen LogP contribution in [0.3, 0.4) is 0 Å². The fraction of sp³-hybridized carbons (Fsp3) is 0.192. The average molecular weight is 525 g/mol. The minimum absolute atomic E-state index is 0.122. The summed E-state index contributed by atoms with van der Waals surface area (Å²) in [7, 11) is 0. The lowest BCUT2D eigenvalue weighted by Crippen LogP contribution is -2.21. The van der Waals surface area contributed by atoms with Gasteiger partial charge in [0.2, 0.25) is 0 Å². The van der Waals surface area contributed by atoms with Crippen LogP contribution in [-0.4, -0.2) is 36.2 Å². The molecule has 0 spiro atoms. The number of nitro groups is 1. The number of hydrazone groups is 1. The van der Waals surface area contributed by atoms with Gasteiger partial charge in [0.25, 0.3) is 17.5 Å². The first-order valence-electron chi connectivity index (χ1n) is 11.2. The predicted octanol–water partition coefficient (Wildman–Crippen LogP) is 5.05. The number of ether oxygens (including phenoxy) is 2. The van der Waals surface area contributed by atoms with Crippen LogP contribution in [0.4, 0.5) is 11.4 Å². The zero-order valence-electron chi connectivity index (χ0n) is 20.4. The van der Waals surface area contributed by atoms with Gasteiger partial charge < -0.3 is 14.8 Å². The highest BCUT2D eigenvalue weighted by atomic mass is 35.5. The Morgan fingerprint density at radius 2 is 1.81 bits per heavy atom. The lowest BCUT2D eigenvalue weighted by molar-refractivity contribution is -0.384. The molecule has 0 fully saturated rings. The van der Waals surface area contributed by atoms with Crippen LogP contribution in [0, 0.1) is 24.0 Å². The molecule has 0 radical (unpaired) electrons. The van der Waals surface area contributed by atoms with Crippen molar-refractivity contribution in [1.29, 1.82) is 0 Å². The summed E-state index contributed by atoms with van der Waals surface area (Å²) < 4.78 is 11.3. The van der Waals surface area contributed by atoms with Crippen LogP contribution in [0.15, 0.2) is 59.7 Å². The number of hydrogen-bond donors (Lipinski definition) is 2. The molecule has 0 unspecified atom stereocenters. The lowest BCUT2D eigenvalue weighted by atomic mass is 10.1. The molecule has 0 saturated carbocycles. The highest BCUT2D eigenvalue weighted by molar-refractivity contribution is 6.32. The highest BCUT2D eigenvalue weighted by Gasteiger charge is 2.15. The Morgan fingerprint density at radius 1 is 1.08 bits per heavy atom. The molecule has 0 saturated heterocycles. The van der Waals surface area contributed by atoms with Crippen molar-refractivity contribution in [3.63, 3.8) is 0 Å². The number of nitrogens with one attached hydrogen (secondary N) is 2. The maximum atomic E-state index is 12.5. The largest absolute Gasteiger partial charge is 0.490 e. The summed E-state index contributed by atoms with van der Waals surface area (Å²) in [6.07, 6.45) is 1.36. The molecule has 37 heavy (non-hydrogen) atoms. The van der Waals surface area contributed by atoms with Gasteiger partial charge in [-0.2, -0.15) is 5.10 Å². The number of carbonyl (C=O) groups excluding carboxylic acids is 2. The molecule has 3 aromatic carbocycles. The smallest absolute Gasteiger partial charge is 0.271 e. The summed E-state index contributed by atoms with van der Waals surface area (Å²) >= 11 is 6.40. The first-order chi connectivity index (χ1) is 17.7. The van der Waals surface area contributed by atoms with Crippen molar-refractivity contribution in [2.45, 2.75) is 20.8 Å². The van der Waals surface area contributed by atoms with E-state index >= 15 is 0 Å². The molecule has 3 rings (SSSR count). The number of nitro benzene ring substituents is 1. The number of anilines is 1. The molecule has 0 bridgehead atoms. The lowest BCUT2D eigenvalue weighted by Gasteiger charge is -2.15. The molecular weight excluding hydrogens is 500 g/mol. The summed E-state index contributed by atoms with van der Waals surface area (Å²) in [4.78, 5) is 34.9. The minimum atomic E-state index is -0.551. The molecule has 0 aliphatic rings. The molecule has 2 amide bonds. The van der Waals surface area contributed by atoms with Crippen molar-refractivity contribution in [1.82, 2.24) is 5.43 Å². The van der Waals surface area contributed by atoms with E-state index in [1.807, 2.05) is 32.0 Å². The second-order valence-electron chi connectivity index (χ2n) is 7.92. The summed E-state index contributed by atoms with van der Waals surface area (Å²) in [5.41, 5.74) is 5.58. The number of nitrogens with zero attached hydrogens (tertiary/aromatic N) is 2. The minimum Gasteiger partial charge on any atom is -0.490 e. The van der Waals surface area contributed by atoms with Crippen molar-refractivity contribution in [3.8, 4) is 11.5 Å². The van der Waals surface area contributed by atoms with Crippen LogP contribution in [0.25, 0.3) is 0 Å². The fourth-order valence-electron chi connectivity index (χ4n) is 3.22. The Labute approximate surface area is 218 Å². The molecule has 0 aliphatic heterocycles. The zero-order chi connectivity index (χ0) is 26.9. The number of amides is 2. The number of carbonyl (C=O) groups is 2. The molecule has 0 heterocycles. The third kappa shape index (κ3) is 7.52. The SMILES string of the molecule is CCOc1cc(/C=N/NC(=O)c2ccc([N+](=O)[O-])cc2)cc(Cl)c1OCC(=O)Nc1cc(C)ccc1C. The molecule has 3 aromatic rings. The van der Waals surface area contributed by atoms with Gasteiger partial charge in [0.1, 0.15) is 0 Å². The van der Waals surface area contributed by atoms with Crippen molar-refractivity contribution < 1.29 is 24.0 Å². The third-order valence-corrected chi connectivity index (χ3v) is 5.35. The maximum Gasteiger partial charge on any atom is 0.271 e. The Hall–Kier alpha value is -4.44. The molecule has 0 aliphatic carbocycles. The highest BCUT2D eigenvalue weighted by Crippen LogP contribution is 2.36. The number of rotatable bonds is 10. The van der Waals surface area contributed by atoms with E-state index in [1.54, 1.807) is 19.1 Å². The van der Waals surface area contributed by atoms with Crippen LogP contribution in [0.2, 0.25) is 5.02 Å². The van der Waals surface area contributed by atoms with E-state index in [2.05, 4.69) is 15.8 Å². The second-order valence-corrected chi connectivity index (χ2v) is 8.33. The van der Waals surface area contributed by atoms with E-state index in [0.29, 0.717) is 23.6 Å². The van der Waals surface area contributed by atoms with Crippen molar-refractivity contribution in [2.24, 2.45) is 5.10 Å². The Kier molecular flexibility index (Phi) is 9.17. The van der Waals surface area contributed by atoms with Crippen LogP contribution in [0.5, 0.6) is 11.5 Å². The standard InChI is InChI=1S/C26H25ClN4O6/c1-4-36-23-13-18(14-28-30-26(33)19-7-9-20(10-8-19)31(34)35)12-21(27)25(23)37-15-24(32)29-22-11-16(2)5-6-17(22)3/h5-14H,4,15H2,1-3H3,(H,29,32)(H,30,33)/b28-14+. The van der Waals surface area contributed by atoms with E-state index in [9.17, 15) is 19.7 Å². The summed E-state index contributed by atoms with van der Waals surface area (Å²) in [5, 5.41) is 17.7. The van der Waals surface area contributed by atoms with Gasteiger partial charge in [0.15, 0.2) is 18.1 Å². The van der Waals surface area contributed by atoms with Gasteiger partial charge in [0, 0.05) is 23.4 Å². The third-order valence-electron chi connectivity index (χ3n) is 5.07. The maximum absolute atomic E-state index is 12.5. The van der Waals surface area contributed by atoms with Gasteiger partial charge in [-0.05, 0) is 67.8 Å². The predicted molar refractivity (Wildman–Crippen MR) is 141 cm³/mol. The van der Waals surface area contributed by atoms with Crippen molar-refractivity contribution in [2.75, 3.05) is 18.5 Å². The topological polar surface area (TPSA) is 132 Å². The average Bonchev–Trinajstić information content (AvgIpc) is 2.86. The summed E-state index contributed by atoms with van der Waals surface area (Å²) in [5.74, 6) is -0.395. The van der Waals surface area contributed by atoms with Crippen LogP contribution in [-0.2, 0) is 4.79 Å². The monoisotopic (exact) mass is 524 g/mol. The number of aryl methyl sites for hydroxylation is 2. The Balaban J connectivity index is 1.66. The van der Waals surface area contributed by atoms with Crippen LogP contribution in [0.1, 0.15) is 34.0 Å². The van der Waals surface area contributed by atoms with Gasteiger partial charge in [0.05, 0.1) is 22.8 Å². The van der Waals surface area contributed by atoms with E-state index in [4.69, 9.17) is 21.1 Å². The van der Waals surface area contributed by atoms with Gasteiger partial charge >= 0.3 is 0 Å². The second kappa shape index (κ2) is 12.5. The normalized spacial score (nSPS) is 10.7. The van der Waals surface area contributed by atoms with Gasteiger partial charge in [-0.3, -0.25) is 19.7 Å². The number of hydrogen-bond acceptors (Lipinski definition) is 7. The molecule has 0 atom stereocenters. The summed E-state index contributed by atoms with van der Waals surface area (Å²) in [6, 6.07) is 14.0. The number of non-ortho nitro benzene ring substituents is 1. The number of benzene rings is 3. The molecule has 0 aromatic heterocycles. The Bertz CT molecular complexity index is 1340. The molecular formula is C26H25ClN4O6.